The second-order valence-corrected chi connectivity index (χ2v) is 9.46. The summed E-state index contributed by atoms with van der Waals surface area (Å²) >= 11 is 0. The molecule has 3 aromatic carbocycles. The first kappa shape index (κ1) is 23.5. The molecule has 180 valence electrons. The van der Waals surface area contributed by atoms with Crippen LogP contribution in [0.1, 0.15) is 45.8 Å². The number of halogens is 1. The minimum atomic E-state index is -0.396. The van der Waals surface area contributed by atoms with Gasteiger partial charge in [-0.1, -0.05) is 72.8 Å². The first-order valence-corrected chi connectivity index (χ1v) is 12.4. The lowest BCUT2D eigenvalue weighted by atomic mass is 9.74. The van der Waals surface area contributed by atoms with Gasteiger partial charge in [0.25, 0.3) is 5.91 Å². The van der Waals surface area contributed by atoms with Gasteiger partial charge < -0.3 is 10.0 Å². The minimum Gasteiger partial charge on any atom is -0.395 e. The predicted molar refractivity (Wildman–Crippen MR) is 137 cm³/mol. The molecule has 0 saturated carbocycles. The van der Waals surface area contributed by atoms with Gasteiger partial charge in [-0.25, -0.2) is 4.39 Å². The maximum absolute atomic E-state index is 13.7. The molecule has 0 spiro atoms. The Balaban J connectivity index is 1.34. The molecule has 3 aromatic rings. The third-order valence-corrected chi connectivity index (χ3v) is 7.32. The Kier molecular flexibility index (Phi) is 7.07. The van der Waals surface area contributed by atoms with Crippen molar-refractivity contribution < 1.29 is 14.3 Å². The number of aliphatic hydroxyl groups excluding tert-OH is 1. The molecule has 2 aliphatic heterocycles. The minimum absolute atomic E-state index is 0.0509. The van der Waals surface area contributed by atoms with Crippen LogP contribution in [0, 0.1) is 5.82 Å². The maximum atomic E-state index is 13.7. The van der Waals surface area contributed by atoms with Gasteiger partial charge in [0.1, 0.15) is 5.82 Å². The van der Waals surface area contributed by atoms with E-state index < -0.39 is 5.82 Å². The second kappa shape index (κ2) is 10.5. The van der Waals surface area contributed by atoms with Crippen molar-refractivity contribution in [1.82, 2.24) is 9.80 Å². The third-order valence-electron chi connectivity index (χ3n) is 7.32. The number of nitrogens with zero attached hydrogens (tertiary/aromatic N) is 2. The fraction of sp³-hybridized carbons (Fsp3) is 0.300. The number of aliphatic hydroxyl groups is 1. The molecule has 2 aliphatic rings. The van der Waals surface area contributed by atoms with Crippen molar-refractivity contribution in [1.29, 1.82) is 0 Å². The fourth-order valence-electron chi connectivity index (χ4n) is 5.51. The van der Waals surface area contributed by atoms with Gasteiger partial charge in [0, 0.05) is 36.7 Å². The van der Waals surface area contributed by atoms with Crippen molar-refractivity contribution in [3.05, 3.63) is 107 Å². The standard InChI is InChI=1S/C30H31FN2O2/c31-26-10-6-9-25(19-26)30(35)32-17-4-5-18-33-27(20-32)29(28(33)21-34)24-15-13-23(14-16-24)12-11-22-7-2-1-3-8-22/h1-3,6-16,19,27-29,34H,4-5,17-18,20-21H2/b12-11+/t27-,28+,29-/m1/s1. The molecule has 0 bridgehead atoms. The van der Waals surface area contributed by atoms with Gasteiger partial charge in [-0.3, -0.25) is 9.69 Å². The summed E-state index contributed by atoms with van der Waals surface area (Å²) in [5.41, 5.74) is 3.85. The number of amides is 1. The Morgan fingerprint density at radius 2 is 1.63 bits per heavy atom. The molecular formula is C30H31FN2O2. The highest BCUT2D eigenvalue weighted by Crippen LogP contribution is 2.42. The number of rotatable bonds is 5. The van der Waals surface area contributed by atoms with Crippen molar-refractivity contribution in [2.75, 3.05) is 26.2 Å². The number of carbonyl (C=O) groups is 1. The Hall–Kier alpha value is -3.28. The van der Waals surface area contributed by atoms with Gasteiger partial charge in [-0.15, -0.1) is 0 Å². The fourth-order valence-corrected chi connectivity index (χ4v) is 5.51. The molecule has 0 radical (unpaired) electrons. The van der Waals surface area contributed by atoms with E-state index in [0.717, 1.165) is 30.5 Å². The third kappa shape index (κ3) is 5.07. The summed E-state index contributed by atoms with van der Waals surface area (Å²) < 4.78 is 13.7. The first-order chi connectivity index (χ1) is 17.1. The van der Waals surface area contributed by atoms with Crippen molar-refractivity contribution in [3.8, 4) is 0 Å². The molecule has 4 nitrogen and oxygen atoms in total. The van der Waals surface area contributed by atoms with E-state index in [1.165, 1.54) is 17.7 Å². The molecule has 5 heteroatoms. The summed E-state index contributed by atoms with van der Waals surface area (Å²) in [6, 6.07) is 24.9. The topological polar surface area (TPSA) is 43.8 Å². The zero-order valence-electron chi connectivity index (χ0n) is 19.8. The Morgan fingerprint density at radius 3 is 2.34 bits per heavy atom. The van der Waals surface area contributed by atoms with E-state index in [1.807, 2.05) is 23.1 Å². The number of hydrogen-bond donors (Lipinski definition) is 1. The molecule has 5 rings (SSSR count). The largest absolute Gasteiger partial charge is 0.395 e. The highest BCUT2D eigenvalue weighted by molar-refractivity contribution is 5.94. The van der Waals surface area contributed by atoms with Gasteiger partial charge in [0.2, 0.25) is 0 Å². The lowest BCUT2D eigenvalue weighted by Gasteiger charge is -2.57. The average molecular weight is 471 g/mol. The van der Waals surface area contributed by atoms with Crippen LogP contribution in [0.2, 0.25) is 0 Å². The summed E-state index contributed by atoms with van der Waals surface area (Å²) in [6.45, 7) is 2.26. The molecule has 35 heavy (non-hydrogen) atoms. The molecule has 2 saturated heterocycles. The number of fused-ring (bicyclic) bond motifs is 1. The highest BCUT2D eigenvalue weighted by atomic mass is 19.1. The van der Waals surface area contributed by atoms with Gasteiger partial charge in [-0.2, -0.15) is 0 Å². The summed E-state index contributed by atoms with van der Waals surface area (Å²) in [5, 5.41) is 10.2. The summed E-state index contributed by atoms with van der Waals surface area (Å²) in [6.07, 6.45) is 6.07. The first-order valence-electron chi connectivity index (χ1n) is 12.4. The van der Waals surface area contributed by atoms with E-state index in [9.17, 15) is 14.3 Å². The SMILES string of the molecule is O=C(c1cccc(F)c1)N1CCCCN2[C@H](C1)[C@@H](c1ccc(/C=C/c3ccccc3)cc1)[C@@H]2CO. The Bertz CT molecular complexity index is 1180. The maximum Gasteiger partial charge on any atom is 0.254 e. The lowest BCUT2D eigenvalue weighted by molar-refractivity contribution is -0.0606. The summed E-state index contributed by atoms with van der Waals surface area (Å²) in [4.78, 5) is 17.4. The average Bonchev–Trinajstić information content (AvgIpc) is 2.87. The van der Waals surface area contributed by atoms with Crippen molar-refractivity contribution in [2.24, 2.45) is 0 Å². The van der Waals surface area contributed by atoms with Gasteiger partial charge in [0.15, 0.2) is 0 Å². The normalized spacial score (nSPS) is 22.8. The molecule has 1 amide bonds. The van der Waals surface area contributed by atoms with Crippen LogP contribution >= 0.6 is 0 Å². The molecule has 1 N–H and O–H groups in total. The van der Waals surface area contributed by atoms with Crippen molar-refractivity contribution in [2.45, 2.75) is 30.8 Å². The van der Waals surface area contributed by atoms with E-state index in [1.54, 1.807) is 12.1 Å². The van der Waals surface area contributed by atoms with Crippen LogP contribution in [-0.2, 0) is 0 Å². The van der Waals surface area contributed by atoms with Crippen molar-refractivity contribution in [3.63, 3.8) is 0 Å². The van der Waals surface area contributed by atoms with Crippen molar-refractivity contribution >= 4 is 18.1 Å². The van der Waals surface area contributed by atoms with E-state index in [0.29, 0.717) is 18.7 Å². The monoisotopic (exact) mass is 470 g/mol. The number of hydrogen-bond acceptors (Lipinski definition) is 3. The molecule has 0 aromatic heterocycles. The van der Waals surface area contributed by atoms with E-state index in [2.05, 4.69) is 53.5 Å². The van der Waals surface area contributed by atoms with Crippen LogP contribution < -0.4 is 0 Å². The zero-order valence-corrected chi connectivity index (χ0v) is 19.8. The Morgan fingerprint density at radius 1 is 0.914 bits per heavy atom. The van der Waals surface area contributed by atoms with E-state index >= 15 is 0 Å². The van der Waals surface area contributed by atoms with Crippen LogP contribution in [0.15, 0.2) is 78.9 Å². The zero-order chi connectivity index (χ0) is 24.2. The molecule has 0 unspecified atom stereocenters. The van der Waals surface area contributed by atoms with Crippen LogP contribution in [-0.4, -0.2) is 59.1 Å². The molecule has 2 fully saturated rings. The van der Waals surface area contributed by atoms with E-state index in [-0.39, 0.29) is 30.5 Å². The van der Waals surface area contributed by atoms with Crippen LogP contribution in [0.5, 0.6) is 0 Å². The summed E-state index contributed by atoms with van der Waals surface area (Å²) in [7, 11) is 0. The Labute approximate surface area is 206 Å². The summed E-state index contributed by atoms with van der Waals surface area (Å²) in [5.74, 6) is -0.375. The second-order valence-electron chi connectivity index (χ2n) is 9.46. The van der Waals surface area contributed by atoms with Gasteiger partial charge in [-0.05, 0) is 54.3 Å². The molecular weight excluding hydrogens is 439 g/mol. The van der Waals surface area contributed by atoms with Crippen LogP contribution in [0.3, 0.4) is 0 Å². The number of carbonyl (C=O) groups excluding carboxylic acids is 1. The van der Waals surface area contributed by atoms with Gasteiger partial charge >= 0.3 is 0 Å². The number of benzene rings is 3. The van der Waals surface area contributed by atoms with Gasteiger partial charge in [0.05, 0.1) is 6.61 Å². The lowest BCUT2D eigenvalue weighted by Crippen LogP contribution is -2.67. The molecule has 3 atom stereocenters. The molecule has 2 heterocycles. The van der Waals surface area contributed by atoms with Crippen LogP contribution in [0.25, 0.3) is 12.2 Å². The van der Waals surface area contributed by atoms with E-state index in [4.69, 9.17) is 0 Å². The van der Waals surface area contributed by atoms with Crippen LogP contribution in [0.4, 0.5) is 4.39 Å². The highest BCUT2D eigenvalue weighted by Gasteiger charge is 2.49. The predicted octanol–water partition coefficient (Wildman–Crippen LogP) is 5.06. The smallest absolute Gasteiger partial charge is 0.254 e. The quantitative estimate of drug-likeness (QED) is 0.530. The molecule has 0 aliphatic carbocycles.